The third kappa shape index (κ3) is 4.73. The zero-order chi connectivity index (χ0) is 25.6. The fourth-order valence-electron chi connectivity index (χ4n) is 8.67. The Morgan fingerprint density at radius 3 is 2.59 bits per heavy atom. The van der Waals surface area contributed by atoms with Gasteiger partial charge in [0.25, 0.3) is 0 Å². The molecule has 6 heteroatoms. The molecule has 0 radical (unpaired) electrons. The van der Waals surface area contributed by atoms with E-state index in [0.717, 1.165) is 74.5 Å². The quantitative estimate of drug-likeness (QED) is 0.535. The van der Waals surface area contributed by atoms with E-state index in [4.69, 9.17) is 5.73 Å². The number of carbonyl (C=O) groups excluding carboxylic acids is 2. The van der Waals surface area contributed by atoms with Gasteiger partial charge >= 0.3 is 0 Å². The molecule has 7 rings (SSSR count). The van der Waals surface area contributed by atoms with Gasteiger partial charge in [0.2, 0.25) is 5.91 Å². The molecule has 4 fully saturated rings. The summed E-state index contributed by atoms with van der Waals surface area (Å²) in [6.07, 6.45) is 12.8. The molecule has 1 aromatic carbocycles. The van der Waals surface area contributed by atoms with Crippen LogP contribution in [0.15, 0.2) is 42.7 Å². The third-order valence-electron chi connectivity index (χ3n) is 10.0. The second-order valence-corrected chi connectivity index (χ2v) is 12.3. The van der Waals surface area contributed by atoms with Crippen LogP contribution in [0.25, 0.3) is 0 Å². The number of benzene rings is 1. The molecule has 1 amide bonds. The van der Waals surface area contributed by atoms with Gasteiger partial charge in [0.15, 0.2) is 0 Å². The first-order valence-electron chi connectivity index (χ1n) is 14.2. The molecule has 4 saturated carbocycles. The van der Waals surface area contributed by atoms with E-state index >= 15 is 0 Å². The van der Waals surface area contributed by atoms with Crippen LogP contribution in [0.4, 0.5) is 4.39 Å². The van der Waals surface area contributed by atoms with Gasteiger partial charge in [-0.25, -0.2) is 4.39 Å². The first kappa shape index (κ1) is 24.7. The second-order valence-electron chi connectivity index (χ2n) is 12.3. The van der Waals surface area contributed by atoms with Gasteiger partial charge in [-0.3, -0.25) is 14.6 Å². The predicted octanol–water partition coefficient (Wildman–Crippen LogP) is 4.73. The summed E-state index contributed by atoms with van der Waals surface area (Å²) in [6, 6.07) is 8.65. The predicted molar refractivity (Wildman–Crippen MR) is 140 cm³/mol. The van der Waals surface area contributed by atoms with Crippen LogP contribution in [-0.4, -0.2) is 29.3 Å². The maximum absolute atomic E-state index is 14.0. The minimum atomic E-state index is -0.312. The Labute approximate surface area is 218 Å². The molecular formula is C31H38FN3O2. The van der Waals surface area contributed by atoms with Crippen molar-refractivity contribution in [3.05, 3.63) is 65.2 Å². The average Bonchev–Trinajstić information content (AvgIpc) is 3.09. The molecule has 5 nitrogen and oxygen atoms in total. The first-order valence-corrected chi connectivity index (χ1v) is 14.2. The zero-order valence-electron chi connectivity index (χ0n) is 21.5. The van der Waals surface area contributed by atoms with E-state index < -0.39 is 0 Å². The fourth-order valence-corrected chi connectivity index (χ4v) is 8.67. The summed E-state index contributed by atoms with van der Waals surface area (Å²) in [7, 11) is 0. The number of nitrogens with two attached hydrogens (primary N) is 1. The smallest absolute Gasteiger partial charge is 0.227 e. The van der Waals surface area contributed by atoms with Gasteiger partial charge < -0.3 is 11.1 Å². The number of Topliss-reactive ketones (excluding diaryl/α,β-unsaturated/α-hetero) is 1. The number of ketones is 1. The number of halogens is 1. The number of aromatic nitrogens is 1. The molecular weight excluding hydrogens is 465 g/mol. The fraction of sp³-hybridized carbons (Fsp3) is 0.581. The van der Waals surface area contributed by atoms with E-state index in [1.165, 1.54) is 6.07 Å². The maximum Gasteiger partial charge on any atom is 0.227 e. The molecule has 2 aromatic rings. The molecule has 4 atom stereocenters. The SMILES string of the molecule is NC(CNC(=O)C1CCCCc2ccc(F)cc21)C1C2CC3CC1CC(C(=O)Cc1ccncc1)(C3)C2. The summed E-state index contributed by atoms with van der Waals surface area (Å²) in [4.78, 5) is 30.9. The van der Waals surface area contributed by atoms with E-state index in [9.17, 15) is 14.0 Å². The summed E-state index contributed by atoms with van der Waals surface area (Å²) in [5.41, 5.74) is 9.58. The van der Waals surface area contributed by atoms with Gasteiger partial charge in [0, 0.05) is 36.8 Å². The third-order valence-corrected chi connectivity index (χ3v) is 10.0. The molecule has 196 valence electrons. The van der Waals surface area contributed by atoms with Crippen molar-refractivity contribution in [1.82, 2.24) is 10.3 Å². The summed E-state index contributed by atoms with van der Waals surface area (Å²) in [5, 5.41) is 3.16. The molecule has 3 N–H and O–H groups in total. The second kappa shape index (κ2) is 9.94. The monoisotopic (exact) mass is 503 g/mol. The Balaban J connectivity index is 1.11. The van der Waals surface area contributed by atoms with Gasteiger partial charge in [-0.1, -0.05) is 12.5 Å². The van der Waals surface area contributed by atoms with Crippen molar-refractivity contribution < 1.29 is 14.0 Å². The maximum atomic E-state index is 14.0. The van der Waals surface area contributed by atoms with Crippen molar-refractivity contribution in [1.29, 1.82) is 0 Å². The highest BCUT2D eigenvalue weighted by atomic mass is 19.1. The van der Waals surface area contributed by atoms with Gasteiger partial charge in [0.1, 0.15) is 11.6 Å². The molecule has 0 saturated heterocycles. The minimum absolute atomic E-state index is 0.0305. The number of amides is 1. The molecule has 5 aliphatic carbocycles. The number of rotatable bonds is 7. The lowest BCUT2D eigenvalue weighted by molar-refractivity contribution is -0.151. The number of fused-ring (bicyclic) bond motifs is 1. The summed E-state index contributed by atoms with van der Waals surface area (Å²) < 4.78 is 14.0. The van der Waals surface area contributed by atoms with Gasteiger partial charge in [0.05, 0.1) is 5.92 Å². The van der Waals surface area contributed by atoms with E-state index in [-0.39, 0.29) is 29.1 Å². The van der Waals surface area contributed by atoms with E-state index in [1.54, 1.807) is 18.5 Å². The highest BCUT2D eigenvalue weighted by Gasteiger charge is 2.58. The Hall–Kier alpha value is -2.60. The zero-order valence-corrected chi connectivity index (χ0v) is 21.5. The average molecular weight is 504 g/mol. The van der Waals surface area contributed by atoms with Crippen molar-refractivity contribution in [2.45, 2.75) is 76.2 Å². The summed E-state index contributed by atoms with van der Waals surface area (Å²) in [6.45, 7) is 0.445. The lowest BCUT2D eigenvalue weighted by Crippen LogP contribution is -2.59. The topological polar surface area (TPSA) is 85.1 Å². The Morgan fingerprint density at radius 1 is 1.08 bits per heavy atom. The van der Waals surface area contributed by atoms with Crippen LogP contribution in [0.5, 0.6) is 0 Å². The Bertz CT molecular complexity index is 1150. The summed E-state index contributed by atoms with van der Waals surface area (Å²) in [5.74, 6) is 1.63. The number of hydrogen-bond acceptors (Lipinski definition) is 4. The Morgan fingerprint density at radius 2 is 1.84 bits per heavy atom. The molecule has 1 heterocycles. The van der Waals surface area contributed by atoms with Gasteiger partial charge in [-0.2, -0.15) is 0 Å². The van der Waals surface area contributed by atoms with Crippen molar-refractivity contribution in [3.8, 4) is 0 Å². The number of aryl methyl sites for hydroxylation is 1. The molecule has 0 spiro atoms. The largest absolute Gasteiger partial charge is 0.354 e. The highest BCUT2D eigenvalue weighted by Crippen LogP contribution is 2.63. The van der Waals surface area contributed by atoms with Crippen LogP contribution < -0.4 is 11.1 Å². The normalized spacial score (nSPS) is 32.9. The number of nitrogens with zero attached hydrogens (tertiary/aromatic N) is 1. The minimum Gasteiger partial charge on any atom is -0.354 e. The van der Waals surface area contributed by atoms with Crippen LogP contribution in [0.2, 0.25) is 0 Å². The number of pyridine rings is 1. The number of hydrogen-bond donors (Lipinski definition) is 2. The highest BCUT2D eigenvalue weighted by molar-refractivity contribution is 5.87. The van der Waals surface area contributed by atoms with Crippen LogP contribution in [0.1, 0.15) is 74.0 Å². The van der Waals surface area contributed by atoms with Crippen molar-refractivity contribution in [2.24, 2.45) is 34.8 Å². The van der Waals surface area contributed by atoms with Crippen LogP contribution in [0, 0.1) is 34.9 Å². The van der Waals surface area contributed by atoms with Crippen molar-refractivity contribution in [2.75, 3.05) is 6.54 Å². The van der Waals surface area contributed by atoms with Gasteiger partial charge in [-0.15, -0.1) is 0 Å². The van der Waals surface area contributed by atoms with Gasteiger partial charge in [-0.05, 0) is 116 Å². The van der Waals surface area contributed by atoms with E-state index in [1.807, 2.05) is 18.2 Å². The molecule has 0 aliphatic heterocycles. The van der Waals surface area contributed by atoms with Crippen LogP contribution >= 0.6 is 0 Å². The molecule has 4 unspecified atom stereocenters. The van der Waals surface area contributed by atoms with E-state index in [0.29, 0.717) is 42.4 Å². The summed E-state index contributed by atoms with van der Waals surface area (Å²) >= 11 is 0. The standard InChI is InChI=1S/C31H38FN3O2/c32-24-6-5-21-3-1-2-4-25(26(21)14-24)30(37)35-18-27(33)29-22-11-20-12-23(29)17-31(15-20,16-22)28(36)13-19-7-9-34-10-8-19/h5-10,14,20,22-23,25,27,29H,1-4,11-13,15-18,33H2,(H,35,37). The van der Waals surface area contributed by atoms with Crippen LogP contribution in [-0.2, 0) is 22.4 Å². The number of carbonyl (C=O) groups is 2. The van der Waals surface area contributed by atoms with Crippen molar-refractivity contribution >= 4 is 11.7 Å². The molecule has 4 bridgehead atoms. The first-order chi connectivity index (χ1) is 17.9. The lowest BCUT2D eigenvalue weighted by atomic mass is 9.44. The number of nitrogens with one attached hydrogen (secondary N) is 1. The van der Waals surface area contributed by atoms with E-state index in [2.05, 4.69) is 10.3 Å². The molecule has 1 aromatic heterocycles. The molecule has 37 heavy (non-hydrogen) atoms. The van der Waals surface area contributed by atoms with Crippen molar-refractivity contribution in [3.63, 3.8) is 0 Å². The van der Waals surface area contributed by atoms with Crippen LogP contribution in [0.3, 0.4) is 0 Å². The Kier molecular flexibility index (Phi) is 6.64. The molecule has 5 aliphatic rings. The lowest BCUT2D eigenvalue weighted by Gasteiger charge is -2.60.